The van der Waals surface area contributed by atoms with E-state index in [0.717, 1.165) is 0 Å². The summed E-state index contributed by atoms with van der Waals surface area (Å²) in [5.74, 6) is -2.08. The van der Waals surface area contributed by atoms with Gasteiger partial charge in [0.1, 0.15) is 11.7 Å². The number of rotatable bonds is 10. The third-order valence-corrected chi connectivity index (χ3v) is 5.44. The lowest BCUT2D eigenvalue weighted by Gasteiger charge is -2.21. The van der Waals surface area contributed by atoms with Gasteiger partial charge < -0.3 is 16.6 Å². The second-order valence-electron chi connectivity index (χ2n) is 6.44. The van der Waals surface area contributed by atoms with Gasteiger partial charge in [0.2, 0.25) is 0 Å². The summed E-state index contributed by atoms with van der Waals surface area (Å²) in [6.45, 7) is 0. The minimum Gasteiger partial charge on any atom is -0.480 e. The summed E-state index contributed by atoms with van der Waals surface area (Å²) in [5.41, 5.74) is 11.7. The lowest BCUT2D eigenvalue weighted by atomic mass is 9.94. The summed E-state index contributed by atoms with van der Waals surface area (Å²) in [6, 6.07) is 8.34. The fourth-order valence-electron chi connectivity index (χ4n) is 2.71. The van der Waals surface area contributed by atoms with E-state index in [2.05, 4.69) is 10.7 Å². The maximum Gasteiger partial charge on any atom is 0.395 e. The highest BCUT2D eigenvalue weighted by molar-refractivity contribution is 7.99. The summed E-state index contributed by atoms with van der Waals surface area (Å²) in [4.78, 5) is 25.3. The van der Waals surface area contributed by atoms with Crippen LogP contribution in [0, 0.1) is 0 Å². The van der Waals surface area contributed by atoms with Gasteiger partial charge in [0.15, 0.2) is 6.29 Å². The van der Waals surface area contributed by atoms with E-state index < -0.39 is 24.1 Å². The van der Waals surface area contributed by atoms with Gasteiger partial charge in [0.25, 0.3) is 0 Å². The van der Waals surface area contributed by atoms with Crippen LogP contribution in [0.25, 0.3) is 11.1 Å². The smallest absolute Gasteiger partial charge is 0.395 e. The Morgan fingerprint density at radius 2 is 1.68 bits per heavy atom. The molecule has 31 heavy (non-hydrogen) atoms. The molecule has 0 aliphatic heterocycles. The van der Waals surface area contributed by atoms with Gasteiger partial charge >= 0.3 is 12.1 Å². The molecule has 0 aliphatic carbocycles. The molecule has 6 nitrogen and oxygen atoms in total. The minimum atomic E-state index is -4.38. The van der Waals surface area contributed by atoms with Gasteiger partial charge in [0.05, 0.1) is 5.92 Å². The van der Waals surface area contributed by atoms with Crippen LogP contribution < -0.4 is 11.5 Å². The van der Waals surface area contributed by atoms with Crippen LogP contribution in [0.5, 0.6) is 0 Å². The molecular formula is C21H26F3N3O3S. The van der Waals surface area contributed by atoms with E-state index >= 15 is 0 Å². The van der Waals surface area contributed by atoms with Crippen LogP contribution in [-0.2, 0) is 4.79 Å². The van der Waals surface area contributed by atoms with E-state index in [1.54, 1.807) is 24.3 Å². The number of benzene rings is 1. The summed E-state index contributed by atoms with van der Waals surface area (Å²) >= 11 is 1.26. The minimum absolute atomic E-state index is 0.106. The number of carboxylic acid groups (broad SMARTS) is 1. The average molecular weight is 458 g/mol. The molecule has 5 N–H and O–H groups in total. The molecule has 0 fully saturated rings. The molecule has 2 atom stereocenters. The Labute approximate surface area is 183 Å². The zero-order valence-corrected chi connectivity index (χ0v) is 17.8. The van der Waals surface area contributed by atoms with E-state index in [1.165, 1.54) is 37.1 Å². The van der Waals surface area contributed by atoms with Crippen molar-refractivity contribution in [2.75, 3.05) is 18.6 Å². The number of carboxylic acids is 1. The molecule has 0 amide bonds. The molecule has 0 radical (unpaired) electrons. The quantitative estimate of drug-likeness (QED) is 0.368. The van der Waals surface area contributed by atoms with Crippen LogP contribution in [0.1, 0.15) is 34.8 Å². The number of nitrogens with zero attached hydrogens (tertiary/aromatic N) is 1. The highest BCUT2D eigenvalue weighted by Crippen LogP contribution is 2.38. The molecule has 1 aromatic heterocycles. The van der Waals surface area contributed by atoms with Crippen molar-refractivity contribution in [1.82, 2.24) is 4.98 Å². The molecule has 170 valence electrons. The first kappa shape index (κ1) is 26.6. The summed E-state index contributed by atoms with van der Waals surface area (Å²) < 4.78 is 40.5. The first-order valence-electron chi connectivity index (χ1n) is 9.44. The lowest BCUT2D eigenvalue weighted by Crippen LogP contribution is -2.30. The van der Waals surface area contributed by atoms with Crippen molar-refractivity contribution in [3.05, 3.63) is 53.9 Å². The van der Waals surface area contributed by atoms with E-state index in [-0.39, 0.29) is 29.9 Å². The Bertz CT molecular complexity index is 815. The number of hydrogen-bond donors (Lipinski definition) is 3. The van der Waals surface area contributed by atoms with Crippen molar-refractivity contribution in [3.63, 3.8) is 0 Å². The fraction of sp³-hybridized carbons (Fsp3) is 0.381. The third kappa shape index (κ3) is 8.68. The van der Waals surface area contributed by atoms with Gasteiger partial charge in [-0.15, -0.1) is 0 Å². The molecule has 1 heterocycles. The highest BCUT2D eigenvalue weighted by Gasteiger charge is 2.40. The Morgan fingerprint density at radius 1 is 1.10 bits per heavy atom. The fourth-order valence-corrected chi connectivity index (χ4v) is 3.74. The predicted octanol–water partition coefficient (Wildman–Crippen LogP) is 3.71. The number of hydrogen-bond acceptors (Lipinski definition) is 6. The number of aromatic nitrogens is 1. The van der Waals surface area contributed by atoms with Gasteiger partial charge in [-0.25, -0.2) is 0 Å². The second kappa shape index (κ2) is 13.1. The number of thioether (sulfide) groups is 1. The number of nitrogens with two attached hydrogens (primary N) is 2. The number of carbonyl (C=O) groups is 2. The van der Waals surface area contributed by atoms with Crippen molar-refractivity contribution >= 4 is 24.0 Å². The monoisotopic (exact) mass is 457 g/mol. The molecule has 1 aromatic carbocycles. The zero-order chi connectivity index (χ0) is 23.4. The topological polar surface area (TPSA) is 119 Å². The average Bonchev–Trinajstić information content (AvgIpc) is 2.76. The summed E-state index contributed by atoms with van der Waals surface area (Å²) in [6.07, 6.45) is -2.16. The largest absolute Gasteiger partial charge is 0.480 e. The molecule has 2 unspecified atom stereocenters. The van der Waals surface area contributed by atoms with Gasteiger partial charge in [-0.05, 0) is 48.6 Å². The summed E-state index contributed by atoms with van der Waals surface area (Å²) in [5, 5.41) is 8.71. The number of carbonyl (C=O) groups excluding carboxylic acids is 1. The number of alkyl halides is 3. The van der Waals surface area contributed by atoms with E-state index in [1.807, 2.05) is 0 Å². The molecule has 0 bridgehead atoms. The predicted molar refractivity (Wildman–Crippen MR) is 116 cm³/mol. The molecule has 0 saturated heterocycles. The van der Waals surface area contributed by atoms with Crippen LogP contribution >= 0.6 is 11.8 Å². The number of aldehydes is 1. The molecule has 0 spiro atoms. The first-order chi connectivity index (χ1) is 14.7. The summed E-state index contributed by atoms with van der Waals surface area (Å²) in [7, 11) is 1.50. The van der Waals surface area contributed by atoms with Crippen LogP contribution in [0.15, 0.2) is 42.6 Å². The molecule has 0 saturated carbocycles. The van der Waals surface area contributed by atoms with Gasteiger partial charge in [0, 0.05) is 11.8 Å². The van der Waals surface area contributed by atoms with Gasteiger partial charge in [-0.3, -0.25) is 14.6 Å². The molecule has 2 rings (SSSR count). The zero-order valence-electron chi connectivity index (χ0n) is 17.0. The Balaban J connectivity index is 0.00000233. The normalized spacial score (nSPS) is 13.0. The van der Waals surface area contributed by atoms with Crippen molar-refractivity contribution in [3.8, 4) is 11.1 Å². The second-order valence-corrected chi connectivity index (χ2v) is 7.66. The molecule has 2 aromatic rings. The van der Waals surface area contributed by atoms with E-state index in [9.17, 15) is 22.8 Å². The van der Waals surface area contributed by atoms with E-state index in [4.69, 9.17) is 10.8 Å². The number of pyridine rings is 1. The Kier molecular flexibility index (Phi) is 11.2. The highest BCUT2D eigenvalue weighted by atomic mass is 32.2. The first-order valence-corrected chi connectivity index (χ1v) is 10.6. The van der Waals surface area contributed by atoms with Crippen molar-refractivity contribution in [1.29, 1.82) is 0 Å². The molecule has 0 aliphatic rings. The lowest BCUT2D eigenvalue weighted by molar-refractivity contribution is -0.150. The number of halogens is 3. The van der Waals surface area contributed by atoms with Crippen molar-refractivity contribution in [2.24, 2.45) is 11.5 Å². The third-order valence-electron chi connectivity index (χ3n) is 4.39. The maximum atomic E-state index is 13.5. The van der Waals surface area contributed by atoms with Crippen molar-refractivity contribution in [2.45, 2.75) is 31.0 Å². The standard InChI is InChI=1S/C20H21F3N2O3S.CH5N/c21-20(22,23)17(7-9-29-10-8-18(24)19(27)28)14-3-1-13(2-4-14)15-5-6-16(12-26)25-11-15;1-2/h1-6,11-12,17-18H,7-10,24H2,(H,27,28);2H2,1H3. The van der Waals surface area contributed by atoms with Gasteiger partial charge in [-0.1, -0.05) is 30.3 Å². The molecular weight excluding hydrogens is 431 g/mol. The number of aliphatic carboxylic acids is 1. The van der Waals surface area contributed by atoms with Crippen LogP contribution in [0.4, 0.5) is 13.2 Å². The van der Waals surface area contributed by atoms with Crippen LogP contribution in [0.3, 0.4) is 0 Å². The van der Waals surface area contributed by atoms with Crippen LogP contribution in [-0.4, -0.2) is 53.1 Å². The van der Waals surface area contributed by atoms with Gasteiger partial charge in [-0.2, -0.15) is 24.9 Å². The SMILES string of the molecule is CN.NC(CCSCCC(c1ccc(-c2ccc(C=O)nc2)cc1)C(F)(F)F)C(=O)O. The molecule has 10 heteroatoms. The van der Waals surface area contributed by atoms with Crippen LogP contribution in [0.2, 0.25) is 0 Å². The van der Waals surface area contributed by atoms with E-state index in [0.29, 0.717) is 23.2 Å². The Morgan fingerprint density at radius 3 is 2.16 bits per heavy atom. The Hall–Kier alpha value is -2.43. The maximum absolute atomic E-state index is 13.5. The van der Waals surface area contributed by atoms with Crippen molar-refractivity contribution < 1.29 is 27.9 Å².